The van der Waals surface area contributed by atoms with Crippen molar-refractivity contribution in [2.75, 3.05) is 12.1 Å². The Hall–Kier alpha value is -2.90. The monoisotopic (exact) mass is 401 g/mol. The molecule has 0 spiro atoms. The number of carbonyl (C=O) groups excluding carboxylic acids is 1. The molecule has 8 heteroatoms. The first-order chi connectivity index (χ1) is 13.8. The number of rotatable bonds is 2. The summed E-state index contributed by atoms with van der Waals surface area (Å²) in [6.45, 7) is 0. The number of pyridine rings is 1. The second-order valence-corrected chi connectivity index (χ2v) is 8.17. The highest BCUT2D eigenvalue weighted by atomic mass is 19.3. The number of alkyl halides is 2. The maximum Gasteiger partial charge on any atom is 0.277 e. The van der Waals surface area contributed by atoms with Crippen LogP contribution in [0, 0.1) is 11.8 Å². The van der Waals surface area contributed by atoms with E-state index in [1.807, 2.05) is 35.3 Å². The highest BCUT2D eigenvalue weighted by Crippen LogP contribution is 2.59. The lowest BCUT2D eigenvalue weighted by molar-refractivity contribution is 0.0347. The van der Waals surface area contributed by atoms with E-state index < -0.39 is 35.0 Å². The summed E-state index contributed by atoms with van der Waals surface area (Å²) in [5, 5.41) is 12.2. The number of carbonyl (C=O) groups is 1. The van der Waals surface area contributed by atoms with Gasteiger partial charge in [0.15, 0.2) is 11.4 Å². The third-order valence-electron chi connectivity index (χ3n) is 6.56. The fraction of sp³-hybridized carbons (Fsp3) is 0.429. The zero-order valence-corrected chi connectivity index (χ0v) is 15.8. The van der Waals surface area contributed by atoms with Crippen LogP contribution in [0.25, 0.3) is 0 Å². The molecule has 29 heavy (non-hydrogen) atoms. The van der Waals surface area contributed by atoms with Gasteiger partial charge in [0.2, 0.25) is 5.43 Å². The fourth-order valence-electron chi connectivity index (χ4n) is 5.04. The van der Waals surface area contributed by atoms with Gasteiger partial charge in [0, 0.05) is 31.6 Å². The number of benzene rings is 1. The van der Waals surface area contributed by atoms with Crippen molar-refractivity contribution in [3.05, 3.63) is 64.1 Å². The lowest BCUT2D eigenvalue weighted by Crippen LogP contribution is -2.64. The molecule has 4 atom stereocenters. The molecular weight excluding hydrogens is 380 g/mol. The third-order valence-corrected chi connectivity index (χ3v) is 6.56. The van der Waals surface area contributed by atoms with Gasteiger partial charge in [0.25, 0.3) is 11.8 Å². The largest absolute Gasteiger partial charge is 0.502 e. The zero-order chi connectivity index (χ0) is 20.5. The van der Waals surface area contributed by atoms with Crippen molar-refractivity contribution in [2.24, 2.45) is 11.8 Å². The lowest BCUT2D eigenvalue weighted by atomic mass is 9.80. The van der Waals surface area contributed by atoms with Crippen molar-refractivity contribution >= 4 is 5.91 Å². The zero-order valence-electron chi connectivity index (χ0n) is 15.8. The van der Waals surface area contributed by atoms with Crippen molar-refractivity contribution in [3.63, 3.8) is 0 Å². The number of nitrogens with zero attached hydrogens (tertiary/aromatic N) is 3. The smallest absolute Gasteiger partial charge is 0.277 e. The van der Waals surface area contributed by atoms with E-state index in [9.17, 15) is 23.5 Å². The van der Waals surface area contributed by atoms with Crippen molar-refractivity contribution in [1.82, 2.24) is 9.58 Å². The molecule has 1 aromatic heterocycles. The van der Waals surface area contributed by atoms with Gasteiger partial charge >= 0.3 is 0 Å². The molecule has 152 valence electrons. The van der Waals surface area contributed by atoms with E-state index in [2.05, 4.69) is 0 Å². The number of hydrogen-bond donors (Lipinski definition) is 1. The average molecular weight is 401 g/mol. The van der Waals surface area contributed by atoms with Gasteiger partial charge in [0.05, 0.1) is 6.04 Å². The highest BCUT2D eigenvalue weighted by molar-refractivity contribution is 5.96. The first-order valence-corrected chi connectivity index (χ1v) is 9.74. The number of piperidine rings is 1. The molecule has 1 amide bonds. The van der Waals surface area contributed by atoms with Crippen LogP contribution in [0.5, 0.6) is 5.75 Å². The second-order valence-electron chi connectivity index (χ2n) is 8.17. The Kier molecular flexibility index (Phi) is 3.78. The molecule has 2 aliphatic heterocycles. The van der Waals surface area contributed by atoms with E-state index in [0.717, 1.165) is 5.56 Å². The van der Waals surface area contributed by atoms with Gasteiger partial charge in [-0.3, -0.25) is 19.3 Å². The molecule has 1 N–H and O–H groups in total. The van der Waals surface area contributed by atoms with E-state index in [-0.39, 0.29) is 24.2 Å². The van der Waals surface area contributed by atoms with Crippen LogP contribution in [0.15, 0.2) is 47.4 Å². The van der Waals surface area contributed by atoms with Gasteiger partial charge in [-0.25, -0.2) is 8.78 Å². The molecule has 1 aromatic carbocycles. The summed E-state index contributed by atoms with van der Waals surface area (Å²) in [6, 6.07) is 10.2. The van der Waals surface area contributed by atoms with E-state index in [1.54, 1.807) is 7.05 Å². The Labute approximate surface area is 165 Å². The van der Waals surface area contributed by atoms with E-state index in [4.69, 9.17) is 0 Å². The Balaban J connectivity index is 1.71. The van der Waals surface area contributed by atoms with Crippen LogP contribution in [-0.4, -0.2) is 39.7 Å². The van der Waals surface area contributed by atoms with Crippen LogP contribution in [0.4, 0.5) is 8.78 Å². The number of aromatic nitrogens is 1. The van der Waals surface area contributed by atoms with Crippen molar-refractivity contribution in [2.45, 2.75) is 37.4 Å². The van der Waals surface area contributed by atoms with Crippen LogP contribution >= 0.6 is 0 Å². The summed E-state index contributed by atoms with van der Waals surface area (Å²) in [7, 11) is 1.62. The molecule has 2 fully saturated rings. The normalized spacial score (nSPS) is 30.0. The van der Waals surface area contributed by atoms with Gasteiger partial charge in [-0.15, -0.1) is 0 Å². The summed E-state index contributed by atoms with van der Waals surface area (Å²) in [5.41, 5.74) is 0.104. The molecule has 0 bridgehead atoms. The van der Waals surface area contributed by atoms with Crippen molar-refractivity contribution in [1.29, 1.82) is 0 Å². The molecule has 1 saturated heterocycles. The Bertz CT molecular complexity index is 1040. The summed E-state index contributed by atoms with van der Waals surface area (Å²) in [6.07, 6.45) is 2.08. The minimum atomic E-state index is -2.67. The first-order valence-electron chi connectivity index (χ1n) is 9.74. The van der Waals surface area contributed by atoms with E-state index in [0.29, 0.717) is 12.8 Å². The quantitative estimate of drug-likeness (QED) is 0.841. The molecule has 3 aliphatic rings. The molecule has 6 nitrogen and oxygen atoms in total. The van der Waals surface area contributed by atoms with Gasteiger partial charge in [0.1, 0.15) is 6.17 Å². The number of aromatic hydroxyl groups is 1. The SMILES string of the molecule is CN1C(=O)c2c(O)c(=O)ccn2N2C(c3ccccc3)C(C3CC3(F)F)CCC12. The number of amides is 1. The minimum Gasteiger partial charge on any atom is -0.502 e. The Morgan fingerprint density at radius 2 is 1.79 bits per heavy atom. The summed E-state index contributed by atoms with van der Waals surface area (Å²) >= 11 is 0. The molecule has 4 unspecified atom stereocenters. The molecule has 2 aromatic rings. The van der Waals surface area contributed by atoms with Crippen LogP contribution < -0.4 is 10.4 Å². The maximum atomic E-state index is 14.1. The molecule has 1 aliphatic carbocycles. The second kappa shape index (κ2) is 6.05. The number of fused-ring (bicyclic) bond motifs is 3. The molecule has 3 heterocycles. The lowest BCUT2D eigenvalue weighted by Gasteiger charge is -2.54. The van der Waals surface area contributed by atoms with Gasteiger partial charge in [-0.05, 0) is 24.3 Å². The van der Waals surface area contributed by atoms with Crippen LogP contribution in [0.3, 0.4) is 0 Å². The minimum absolute atomic E-state index is 0.125. The number of halogens is 2. The number of hydrogen-bond acceptors (Lipinski definition) is 4. The van der Waals surface area contributed by atoms with E-state index >= 15 is 0 Å². The Morgan fingerprint density at radius 1 is 1.10 bits per heavy atom. The first kappa shape index (κ1) is 18.1. The highest BCUT2D eigenvalue weighted by Gasteiger charge is 2.63. The van der Waals surface area contributed by atoms with Gasteiger partial charge < -0.3 is 10.0 Å². The van der Waals surface area contributed by atoms with Crippen LogP contribution in [-0.2, 0) is 0 Å². The average Bonchev–Trinajstić information content (AvgIpc) is 3.35. The standard InChI is InChI=1S/C21H21F2N3O3/c1-24-16-8-7-13(14-11-21(14,22)23)17(12-5-3-2-4-6-12)26(16)25-10-9-15(27)19(28)18(25)20(24)29/h2-6,9-10,13-14,16-17,28H,7-8,11H2,1H3. The summed E-state index contributed by atoms with van der Waals surface area (Å²) < 4.78 is 29.6. The predicted octanol–water partition coefficient (Wildman–Crippen LogP) is 2.71. The maximum absolute atomic E-state index is 14.1. The van der Waals surface area contributed by atoms with Gasteiger partial charge in [-0.1, -0.05) is 30.3 Å². The topological polar surface area (TPSA) is 65.8 Å². The molecular formula is C21H21F2N3O3. The Morgan fingerprint density at radius 3 is 2.45 bits per heavy atom. The fourth-order valence-corrected chi connectivity index (χ4v) is 5.04. The summed E-state index contributed by atoms with van der Waals surface area (Å²) in [4.78, 5) is 26.3. The van der Waals surface area contributed by atoms with E-state index in [1.165, 1.54) is 21.8 Å². The van der Waals surface area contributed by atoms with Crippen LogP contribution in [0.1, 0.15) is 41.4 Å². The van der Waals surface area contributed by atoms with Crippen molar-refractivity contribution in [3.8, 4) is 5.75 Å². The van der Waals surface area contributed by atoms with Crippen molar-refractivity contribution < 1.29 is 18.7 Å². The summed E-state index contributed by atoms with van der Waals surface area (Å²) in [5.74, 6) is -4.76. The predicted molar refractivity (Wildman–Crippen MR) is 101 cm³/mol. The van der Waals surface area contributed by atoms with Gasteiger partial charge in [-0.2, -0.15) is 0 Å². The third kappa shape index (κ3) is 2.58. The molecule has 0 radical (unpaired) electrons. The molecule has 5 rings (SSSR count). The molecule has 1 saturated carbocycles. The van der Waals surface area contributed by atoms with Crippen LogP contribution in [0.2, 0.25) is 0 Å².